The molecule has 53 heavy (non-hydrogen) atoms. The molecule has 4 N–H and O–H groups in total. The van der Waals surface area contributed by atoms with E-state index in [1.165, 1.54) is 33.2 Å². The van der Waals surface area contributed by atoms with Gasteiger partial charge in [0.1, 0.15) is 12.1 Å². The third kappa shape index (κ3) is 12.9. The van der Waals surface area contributed by atoms with Gasteiger partial charge in [-0.1, -0.05) is 85.1 Å². The van der Waals surface area contributed by atoms with Crippen LogP contribution in [0.1, 0.15) is 90.5 Å². The van der Waals surface area contributed by atoms with E-state index in [-0.39, 0.29) is 31.8 Å². The van der Waals surface area contributed by atoms with Crippen molar-refractivity contribution >= 4 is 42.0 Å². The maximum Gasteiger partial charge on any atom is 0.326 e. The number of likely N-dealkylation sites (N-methyl/N-ethyl adjacent to an activating group) is 2. The second-order valence-corrected chi connectivity index (χ2v) is 13.9. The number of hydrogen-bond donors (Lipinski definition) is 4. The lowest BCUT2D eigenvalue weighted by molar-refractivity contribution is -0.148. The van der Waals surface area contributed by atoms with E-state index in [4.69, 9.17) is 19.1 Å². The number of nitrogens with one attached hydrogen (secondary N) is 3. The van der Waals surface area contributed by atoms with E-state index in [0.29, 0.717) is 24.8 Å². The molecular formula is C39H66ClN5O8. The molecule has 1 aromatic carbocycles. The van der Waals surface area contributed by atoms with Crippen LogP contribution in [0.5, 0.6) is 0 Å². The fourth-order valence-corrected chi connectivity index (χ4v) is 7.02. The Morgan fingerprint density at radius 2 is 1.68 bits per heavy atom. The van der Waals surface area contributed by atoms with E-state index >= 15 is 0 Å². The number of aliphatic carboxylic acids is 1. The molecule has 1 saturated heterocycles. The second-order valence-electron chi connectivity index (χ2n) is 13.9. The molecule has 0 radical (unpaired) electrons. The van der Waals surface area contributed by atoms with Crippen LogP contribution in [0.3, 0.4) is 0 Å². The number of nitrogens with zero attached hydrogens (tertiary/aromatic N) is 2. The molecule has 1 heterocycles. The smallest absolute Gasteiger partial charge is 0.326 e. The molecule has 0 unspecified atom stereocenters. The van der Waals surface area contributed by atoms with Crippen molar-refractivity contribution in [2.24, 2.45) is 23.6 Å². The molecule has 0 spiro atoms. The van der Waals surface area contributed by atoms with Gasteiger partial charge in [-0.2, -0.15) is 0 Å². The van der Waals surface area contributed by atoms with E-state index in [1.54, 1.807) is 65.0 Å². The number of methoxy groups -OCH3 is 2. The number of carbonyl (C=O) groups is 5. The van der Waals surface area contributed by atoms with Gasteiger partial charge in [0, 0.05) is 43.8 Å². The van der Waals surface area contributed by atoms with E-state index < -0.39 is 109 Å². The number of ether oxygens (including phenoxy) is 2. The maximum absolute atomic E-state index is 14.7. The first-order valence-corrected chi connectivity index (χ1v) is 17.9. The molecule has 4 amide bonds. The molecule has 14 heteroatoms. The van der Waals surface area contributed by atoms with Crippen molar-refractivity contribution in [1.29, 1.82) is 0 Å². The summed E-state index contributed by atoms with van der Waals surface area (Å²) in [5, 5.41) is 17.3. The number of carbonyl (C=O) groups excluding carboxylic acids is 4. The number of carboxylic acids is 1. The lowest BCUT2D eigenvalue weighted by Crippen LogP contribution is -2.59. The van der Waals surface area contributed by atoms with Gasteiger partial charge in [0.05, 0.1) is 44.0 Å². The summed E-state index contributed by atoms with van der Waals surface area (Å²) >= 11 is 0. The Morgan fingerprint density at radius 1 is 1.04 bits per heavy atom. The summed E-state index contributed by atoms with van der Waals surface area (Å²) in [5.41, 5.74) is 0.713. The Hall–Kier alpha value is -3.26. The van der Waals surface area contributed by atoms with Crippen LogP contribution in [0.25, 0.3) is 0 Å². The summed E-state index contributed by atoms with van der Waals surface area (Å²) in [5.74, 6) is -10.6. The molecule has 0 saturated carbocycles. The summed E-state index contributed by atoms with van der Waals surface area (Å²) in [7, 11) is 5.29. The van der Waals surface area contributed by atoms with Crippen LogP contribution >= 0.6 is 12.4 Å². The maximum atomic E-state index is 14.7. The Kier molecular flexibility index (Phi) is 15.3. The number of amides is 4. The van der Waals surface area contributed by atoms with Crippen LogP contribution in [-0.4, -0.2) is 122 Å². The molecule has 9 atom stereocenters. The van der Waals surface area contributed by atoms with Gasteiger partial charge in [-0.05, 0) is 43.2 Å². The van der Waals surface area contributed by atoms with E-state index in [9.17, 15) is 30.4 Å². The lowest BCUT2D eigenvalue weighted by atomic mass is 9.89. The summed E-state index contributed by atoms with van der Waals surface area (Å²) in [6, 6.07) is 1.13. The quantitative estimate of drug-likeness (QED) is 0.146. The predicted molar refractivity (Wildman–Crippen MR) is 208 cm³/mol. The van der Waals surface area contributed by atoms with Crippen molar-refractivity contribution < 1.29 is 49.5 Å². The number of rotatable bonds is 21. The number of hydrogen-bond acceptors (Lipinski definition) is 8. The van der Waals surface area contributed by atoms with Crippen LogP contribution in [0.2, 0.25) is 0 Å². The van der Waals surface area contributed by atoms with Crippen molar-refractivity contribution in [3.63, 3.8) is 0 Å². The number of benzene rings is 1. The zero-order valence-corrected chi connectivity index (χ0v) is 33.2. The Bertz CT molecular complexity index is 1610. The molecule has 1 aliphatic heterocycles. The van der Waals surface area contributed by atoms with Crippen molar-refractivity contribution in [2.45, 2.75) is 123 Å². The molecule has 0 aliphatic carbocycles. The van der Waals surface area contributed by atoms with Crippen molar-refractivity contribution in [2.75, 3.05) is 34.9 Å². The topological polar surface area (TPSA) is 167 Å². The van der Waals surface area contributed by atoms with Gasteiger partial charge in [0.15, 0.2) is 0 Å². The fraction of sp³-hybridized carbons (Fsp3) is 0.718. The minimum atomic E-state index is -3.88. The molecule has 13 nitrogen and oxygen atoms in total. The van der Waals surface area contributed by atoms with Crippen LogP contribution < -0.4 is 16.0 Å². The molecule has 1 aliphatic rings. The van der Waals surface area contributed by atoms with Gasteiger partial charge in [-0.15, -0.1) is 12.4 Å². The zero-order valence-electron chi connectivity index (χ0n) is 40.4. The van der Waals surface area contributed by atoms with E-state index in [1.807, 2.05) is 0 Å². The average molecular weight is 776 g/mol. The number of carboxylic acid groups (broad SMARTS) is 1. The molecule has 0 aromatic heterocycles. The minimum Gasteiger partial charge on any atom is -0.480 e. The van der Waals surface area contributed by atoms with E-state index in [2.05, 4.69) is 16.0 Å². The Morgan fingerprint density at radius 3 is 2.19 bits per heavy atom. The van der Waals surface area contributed by atoms with Crippen LogP contribution in [-0.2, 0) is 39.9 Å². The number of halogens is 1. The van der Waals surface area contributed by atoms with Crippen molar-refractivity contribution in [3.8, 4) is 0 Å². The van der Waals surface area contributed by atoms with Crippen LogP contribution in [0.15, 0.2) is 30.3 Å². The SMILES string of the molecule is Cl.[2H]C([2H])([2H])C([2H])(C([2H])([2H])[2H])[C@]([2H])(NC(=O)[C@@H](NC)C(C)C)C(=O)N(C)[C@@H]([C@@H](C)CC)[C@@H](CC(=O)N1CCC[C@H]1[C@H](OC)[C@@H](C)C(=O)N[C@@H](Cc1ccccc1)C(=O)O)OC. The standard InChI is InChI=1S/C39H65N5O8.ClH/c1-12-25(6)34(43(9)38(48)33(24(4)5)42-37(47)32(40-8)23(2)3)30(51-10)22-31(45)44-20-16-19-29(44)35(52-11)26(7)36(46)41-28(39(49)50)21-27-17-14-13-15-18-27;/h13-15,17-18,23-26,28-30,32-35,40H,12,16,19-22H2,1-11H3,(H,41,46)(H,42,47)(H,49,50);1H/t25-,26+,28-,29-,30+,32-,33-,34-,35+;/m0./s1/i4D3,5D3,24D,33D;. The molecular weight excluding hydrogens is 702 g/mol. The highest BCUT2D eigenvalue weighted by molar-refractivity contribution is 5.90. The third-order valence-electron chi connectivity index (χ3n) is 10.1. The zero-order chi connectivity index (χ0) is 46.1. The predicted octanol–water partition coefficient (Wildman–Crippen LogP) is 3.53. The first-order chi connectivity index (χ1) is 27.7. The molecule has 1 aromatic rings. The Balaban J connectivity index is 0.0000186. The third-order valence-corrected chi connectivity index (χ3v) is 10.1. The van der Waals surface area contributed by atoms with Gasteiger partial charge >= 0.3 is 5.97 Å². The van der Waals surface area contributed by atoms with Crippen LogP contribution in [0, 0.1) is 23.6 Å². The van der Waals surface area contributed by atoms with Gasteiger partial charge in [0.2, 0.25) is 23.6 Å². The summed E-state index contributed by atoms with van der Waals surface area (Å²) in [6.45, 7) is 1.02. The minimum absolute atomic E-state index is 0. The summed E-state index contributed by atoms with van der Waals surface area (Å²) in [4.78, 5) is 70.7. The first kappa shape index (κ1) is 35.4. The van der Waals surface area contributed by atoms with Crippen LogP contribution in [0.4, 0.5) is 0 Å². The Labute approximate surface area is 334 Å². The largest absolute Gasteiger partial charge is 0.480 e. The fourth-order valence-electron chi connectivity index (χ4n) is 7.02. The summed E-state index contributed by atoms with van der Waals surface area (Å²) in [6.07, 6.45) is -0.971. The number of likely N-dealkylation sites (tertiary alicyclic amines) is 1. The molecule has 2 rings (SSSR count). The summed E-state index contributed by atoms with van der Waals surface area (Å²) < 4.78 is 79.0. The highest BCUT2D eigenvalue weighted by Crippen LogP contribution is 2.29. The molecule has 302 valence electrons. The monoisotopic (exact) mass is 776 g/mol. The second kappa shape index (κ2) is 22.8. The highest BCUT2D eigenvalue weighted by Gasteiger charge is 2.43. The van der Waals surface area contributed by atoms with Gasteiger partial charge < -0.3 is 40.3 Å². The van der Waals surface area contributed by atoms with Crippen molar-refractivity contribution in [1.82, 2.24) is 25.8 Å². The van der Waals surface area contributed by atoms with Gasteiger partial charge in [-0.3, -0.25) is 19.2 Å². The normalized spacial score (nSPS) is 22.4. The molecule has 0 bridgehead atoms. The lowest BCUT2D eigenvalue weighted by Gasteiger charge is -2.41. The average Bonchev–Trinajstić information content (AvgIpc) is 3.65. The first-order valence-electron chi connectivity index (χ1n) is 21.9. The van der Waals surface area contributed by atoms with Crippen molar-refractivity contribution in [3.05, 3.63) is 35.9 Å². The van der Waals surface area contributed by atoms with Gasteiger partial charge in [0.25, 0.3) is 0 Å². The highest BCUT2D eigenvalue weighted by atomic mass is 35.5. The van der Waals surface area contributed by atoms with Gasteiger partial charge in [-0.25, -0.2) is 4.79 Å². The van der Waals surface area contributed by atoms with E-state index in [0.717, 1.165) is 4.90 Å². The molecule has 1 fully saturated rings.